The highest BCUT2D eigenvalue weighted by Gasteiger charge is 2.09. The van der Waals surface area contributed by atoms with Crippen LogP contribution in [0.3, 0.4) is 0 Å². The first-order chi connectivity index (χ1) is 9.61. The molecular formula is C17H19NO2. The summed E-state index contributed by atoms with van der Waals surface area (Å²) in [6.07, 6.45) is 0. The maximum absolute atomic E-state index is 12.3. The molecule has 0 aromatic heterocycles. The van der Waals surface area contributed by atoms with Gasteiger partial charge in [-0.05, 0) is 42.7 Å². The molecule has 3 nitrogen and oxygen atoms in total. The molecule has 0 aliphatic rings. The van der Waals surface area contributed by atoms with Crippen LogP contribution in [0.25, 0.3) is 0 Å². The van der Waals surface area contributed by atoms with Gasteiger partial charge in [-0.2, -0.15) is 0 Å². The minimum Gasteiger partial charge on any atom is -0.380 e. The van der Waals surface area contributed by atoms with E-state index in [-0.39, 0.29) is 5.91 Å². The fourth-order valence-electron chi connectivity index (χ4n) is 2.17. The van der Waals surface area contributed by atoms with Crippen molar-refractivity contribution in [2.75, 3.05) is 12.4 Å². The molecule has 0 atom stereocenters. The number of carbonyl (C=O) groups excluding carboxylic acids is 1. The summed E-state index contributed by atoms with van der Waals surface area (Å²) in [4.78, 5) is 12.3. The normalized spacial score (nSPS) is 10.3. The van der Waals surface area contributed by atoms with E-state index in [0.717, 1.165) is 22.4 Å². The van der Waals surface area contributed by atoms with Crippen molar-refractivity contribution in [3.63, 3.8) is 0 Å². The van der Waals surface area contributed by atoms with Gasteiger partial charge >= 0.3 is 0 Å². The number of aryl methyl sites for hydroxylation is 2. The van der Waals surface area contributed by atoms with E-state index in [1.165, 1.54) is 0 Å². The van der Waals surface area contributed by atoms with Crippen molar-refractivity contribution >= 4 is 11.6 Å². The Morgan fingerprint density at radius 3 is 2.40 bits per heavy atom. The summed E-state index contributed by atoms with van der Waals surface area (Å²) in [5.41, 5.74) is 4.64. The molecule has 2 aromatic rings. The van der Waals surface area contributed by atoms with Crippen LogP contribution in [0, 0.1) is 13.8 Å². The number of para-hydroxylation sites is 1. The Balaban J connectivity index is 2.22. The Kier molecular flexibility index (Phi) is 4.53. The fourth-order valence-corrected chi connectivity index (χ4v) is 2.17. The highest BCUT2D eigenvalue weighted by molar-refractivity contribution is 6.05. The lowest BCUT2D eigenvalue weighted by Gasteiger charge is -2.12. The molecule has 1 amide bonds. The van der Waals surface area contributed by atoms with E-state index in [1.54, 1.807) is 7.11 Å². The zero-order chi connectivity index (χ0) is 14.5. The van der Waals surface area contributed by atoms with Gasteiger partial charge in [0.2, 0.25) is 0 Å². The summed E-state index contributed by atoms with van der Waals surface area (Å²) in [5, 5.41) is 2.98. The maximum atomic E-state index is 12.3. The Morgan fingerprint density at radius 2 is 1.75 bits per heavy atom. The van der Waals surface area contributed by atoms with Gasteiger partial charge in [0.25, 0.3) is 5.91 Å². The van der Waals surface area contributed by atoms with Crippen LogP contribution in [0.5, 0.6) is 0 Å². The van der Waals surface area contributed by atoms with Crippen molar-refractivity contribution in [1.82, 2.24) is 0 Å². The maximum Gasteiger partial charge on any atom is 0.255 e. The first kappa shape index (κ1) is 14.3. The van der Waals surface area contributed by atoms with Crippen LogP contribution in [0.15, 0.2) is 42.5 Å². The molecule has 20 heavy (non-hydrogen) atoms. The van der Waals surface area contributed by atoms with Crippen molar-refractivity contribution in [2.45, 2.75) is 20.5 Å². The Labute approximate surface area is 119 Å². The zero-order valence-electron chi connectivity index (χ0n) is 12.1. The molecule has 0 saturated heterocycles. The van der Waals surface area contributed by atoms with E-state index in [0.29, 0.717) is 12.2 Å². The van der Waals surface area contributed by atoms with Crippen LogP contribution < -0.4 is 5.32 Å². The van der Waals surface area contributed by atoms with Crippen LogP contribution >= 0.6 is 0 Å². The summed E-state index contributed by atoms with van der Waals surface area (Å²) >= 11 is 0. The minimum absolute atomic E-state index is 0.0969. The molecule has 2 aromatic carbocycles. The van der Waals surface area contributed by atoms with Crippen molar-refractivity contribution in [3.05, 3.63) is 64.7 Å². The molecule has 0 unspecified atom stereocenters. The van der Waals surface area contributed by atoms with Crippen LogP contribution in [0.4, 0.5) is 5.69 Å². The molecule has 1 N–H and O–H groups in total. The number of amides is 1. The lowest BCUT2D eigenvalue weighted by Crippen LogP contribution is -2.14. The van der Waals surface area contributed by atoms with Crippen LogP contribution in [0.2, 0.25) is 0 Å². The number of hydrogen-bond donors (Lipinski definition) is 1. The third-order valence-corrected chi connectivity index (χ3v) is 3.22. The molecule has 104 valence electrons. The second-order valence-corrected chi connectivity index (χ2v) is 4.85. The summed E-state index contributed by atoms with van der Waals surface area (Å²) in [6.45, 7) is 4.48. The fraction of sp³-hybridized carbons (Fsp3) is 0.235. The summed E-state index contributed by atoms with van der Waals surface area (Å²) in [5.74, 6) is -0.0969. The molecule has 0 aliphatic carbocycles. The number of rotatable bonds is 4. The first-order valence-corrected chi connectivity index (χ1v) is 6.57. The molecule has 0 radical (unpaired) electrons. The molecular weight excluding hydrogens is 250 g/mol. The first-order valence-electron chi connectivity index (χ1n) is 6.57. The number of ether oxygens (including phenoxy) is 1. The molecule has 0 bridgehead atoms. The standard InChI is InChI=1S/C17H19NO2/c1-12-6-4-7-13(2)16(12)18-17(19)15-9-5-8-14(10-15)11-20-3/h4-10H,11H2,1-3H3,(H,18,19). The average molecular weight is 269 g/mol. The van der Waals surface area contributed by atoms with Crippen molar-refractivity contribution in [3.8, 4) is 0 Å². The second-order valence-electron chi connectivity index (χ2n) is 4.85. The van der Waals surface area contributed by atoms with Crippen molar-refractivity contribution < 1.29 is 9.53 Å². The van der Waals surface area contributed by atoms with Gasteiger partial charge in [-0.15, -0.1) is 0 Å². The Morgan fingerprint density at radius 1 is 1.10 bits per heavy atom. The average Bonchev–Trinajstić information content (AvgIpc) is 2.43. The van der Waals surface area contributed by atoms with Crippen molar-refractivity contribution in [1.29, 1.82) is 0 Å². The van der Waals surface area contributed by atoms with Gasteiger partial charge in [0.05, 0.1) is 6.61 Å². The number of hydrogen-bond acceptors (Lipinski definition) is 2. The van der Waals surface area contributed by atoms with E-state index in [1.807, 2.05) is 56.3 Å². The monoisotopic (exact) mass is 269 g/mol. The molecule has 2 rings (SSSR count). The lowest BCUT2D eigenvalue weighted by atomic mass is 10.1. The lowest BCUT2D eigenvalue weighted by molar-refractivity contribution is 0.102. The number of benzene rings is 2. The van der Waals surface area contributed by atoms with E-state index in [2.05, 4.69) is 5.32 Å². The zero-order valence-corrected chi connectivity index (χ0v) is 12.1. The molecule has 0 heterocycles. The number of anilines is 1. The second kappa shape index (κ2) is 6.35. The Bertz CT molecular complexity index is 600. The predicted molar refractivity (Wildman–Crippen MR) is 81.0 cm³/mol. The van der Waals surface area contributed by atoms with Crippen LogP contribution in [-0.4, -0.2) is 13.0 Å². The van der Waals surface area contributed by atoms with E-state index in [4.69, 9.17) is 4.74 Å². The van der Waals surface area contributed by atoms with Gasteiger partial charge in [-0.25, -0.2) is 0 Å². The summed E-state index contributed by atoms with van der Waals surface area (Å²) < 4.78 is 5.09. The third-order valence-electron chi connectivity index (χ3n) is 3.22. The number of carbonyl (C=O) groups is 1. The van der Waals surface area contributed by atoms with Crippen LogP contribution in [-0.2, 0) is 11.3 Å². The van der Waals surface area contributed by atoms with Gasteiger partial charge < -0.3 is 10.1 Å². The van der Waals surface area contributed by atoms with Gasteiger partial charge in [-0.3, -0.25) is 4.79 Å². The third kappa shape index (κ3) is 3.25. The molecule has 0 fully saturated rings. The minimum atomic E-state index is -0.0969. The SMILES string of the molecule is COCc1cccc(C(=O)Nc2c(C)cccc2C)c1. The van der Waals surface area contributed by atoms with E-state index in [9.17, 15) is 4.79 Å². The number of methoxy groups -OCH3 is 1. The summed E-state index contributed by atoms with van der Waals surface area (Å²) in [6, 6.07) is 13.4. The highest BCUT2D eigenvalue weighted by atomic mass is 16.5. The van der Waals surface area contributed by atoms with E-state index >= 15 is 0 Å². The number of nitrogens with one attached hydrogen (secondary N) is 1. The van der Waals surface area contributed by atoms with Crippen molar-refractivity contribution in [2.24, 2.45) is 0 Å². The smallest absolute Gasteiger partial charge is 0.255 e. The van der Waals surface area contributed by atoms with E-state index < -0.39 is 0 Å². The Hall–Kier alpha value is -2.13. The van der Waals surface area contributed by atoms with Gasteiger partial charge in [-0.1, -0.05) is 30.3 Å². The quantitative estimate of drug-likeness (QED) is 0.919. The van der Waals surface area contributed by atoms with Gasteiger partial charge in [0, 0.05) is 18.4 Å². The molecule has 0 saturated carbocycles. The summed E-state index contributed by atoms with van der Waals surface area (Å²) in [7, 11) is 1.64. The molecule has 3 heteroatoms. The topological polar surface area (TPSA) is 38.3 Å². The van der Waals surface area contributed by atoms with Gasteiger partial charge in [0.15, 0.2) is 0 Å². The largest absolute Gasteiger partial charge is 0.380 e. The molecule has 0 aliphatic heterocycles. The highest BCUT2D eigenvalue weighted by Crippen LogP contribution is 2.20. The molecule has 0 spiro atoms. The van der Waals surface area contributed by atoms with Crippen LogP contribution in [0.1, 0.15) is 27.0 Å². The predicted octanol–water partition coefficient (Wildman–Crippen LogP) is 3.70. The van der Waals surface area contributed by atoms with Gasteiger partial charge in [0.1, 0.15) is 0 Å².